The monoisotopic (exact) mass is 430 g/mol. The van der Waals surface area contributed by atoms with Gasteiger partial charge in [-0.1, -0.05) is 0 Å². The smallest absolute Gasteiger partial charge is 0.180 e. The Morgan fingerprint density at radius 1 is 1.32 bits per heavy atom. The first-order chi connectivity index (χ1) is 9.19. The third kappa shape index (κ3) is 2.74. The first kappa shape index (κ1) is 13.2. The van der Waals surface area contributed by atoms with E-state index in [9.17, 15) is 0 Å². The van der Waals surface area contributed by atoms with Gasteiger partial charge < -0.3 is 5.32 Å². The van der Waals surface area contributed by atoms with Crippen LogP contribution in [0.15, 0.2) is 22.8 Å². The number of aromatic nitrogens is 3. The second-order valence-corrected chi connectivity index (χ2v) is 6.48. The van der Waals surface area contributed by atoms with Crippen molar-refractivity contribution in [3.8, 4) is 11.5 Å². The van der Waals surface area contributed by atoms with Gasteiger partial charge in [0.15, 0.2) is 5.82 Å². The van der Waals surface area contributed by atoms with Gasteiger partial charge in [-0.05, 0) is 63.5 Å². The molecule has 2 heterocycles. The predicted molar refractivity (Wildman–Crippen MR) is 87.2 cm³/mol. The summed E-state index contributed by atoms with van der Waals surface area (Å²) >= 11 is 5.71. The lowest BCUT2D eigenvalue weighted by Crippen LogP contribution is -2.05. The third-order valence-corrected chi connectivity index (χ3v) is 4.57. The first-order valence-corrected chi connectivity index (χ1v) is 7.93. The second-order valence-electron chi connectivity index (χ2n) is 4.48. The molecule has 0 radical (unpaired) electrons. The van der Waals surface area contributed by atoms with E-state index in [0.717, 1.165) is 25.2 Å². The first-order valence-electron chi connectivity index (χ1n) is 6.06. The van der Waals surface area contributed by atoms with Crippen LogP contribution in [0.3, 0.4) is 0 Å². The van der Waals surface area contributed by atoms with Gasteiger partial charge in [-0.3, -0.25) is 4.98 Å². The Hall–Kier alpha value is -0.760. The Bertz CT molecular complexity index is 611. The predicted octanol–water partition coefficient (Wildman–Crippen LogP) is 3.82. The molecule has 0 bridgehead atoms. The SMILES string of the molecule is CNc1nc(-c2ccc(Br)cn2)nc(C2CC2)c1I. The van der Waals surface area contributed by atoms with Crippen molar-refractivity contribution in [3.63, 3.8) is 0 Å². The van der Waals surface area contributed by atoms with E-state index in [0.29, 0.717) is 11.7 Å². The molecular weight excluding hydrogens is 419 g/mol. The average molecular weight is 431 g/mol. The van der Waals surface area contributed by atoms with E-state index < -0.39 is 0 Å². The normalized spacial score (nSPS) is 14.5. The largest absolute Gasteiger partial charge is 0.372 e. The van der Waals surface area contributed by atoms with Crippen molar-refractivity contribution in [3.05, 3.63) is 32.1 Å². The topological polar surface area (TPSA) is 50.7 Å². The van der Waals surface area contributed by atoms with Gasteiger partial charge in [0, 0.05) is 23.6 Å². The summed E-state index contributed by atoms with van der Waals surface area (Å²) in [5.74, 6) is 2.17. The summed E-state index contributed by atoms with van der Waals surface area (Å²) in [5, 5.41) is 3.14. The number of hydrogen-bond donors (Lipinski definition) is 1. The molecule has 0 atom stereocenters. The summed E-state index contributed by atoms with van der Waals surface area (Å²) in [6.07, 6.45) is 4.22. The molecule has 1 N–H and O–H groups in total. The summed E-state index contributed by atoms with van der Waals surface area (Å²) < 4.78 is 2.08. The van der Waals surface area contributed by atoms with Crippen LogP contribution < -0.4 is 5.32 Å². The molecule has 0 amide bonds. The summed E-state index contributed by atoms with van der Waals surface area (Å²) in [7, 11) is 1.89. The van der Waals surface area contributed by atoms with E-state index >= 15 is 0 Å². The van der Waals surface area contributed by atoms with Crippen LogP contribution in [0, 0.1) is 3.57 Å². The molecule has 98 valence electrons. The molecule has 0 unspecified atom stereocenters. The number of nitrogens with one attached hydrogen (secondary N) is 1. The van der Waals surface area contributed by atoms with E-state index in [-0.39, 0.29) is 0 Å². The van der Waals surface area contributed by atoms with Crippen LogP contribution >= 0.6 is 38.5 Å². The van der Waals surface area contributed by atoms with Crippen LogP contribution in [-0.2, 0) is 0 Å². The Balaban J connectivity index is 2.10. The zero-order valence-electron chi connectivity index (χ0n) is 10.3. The molecule has 3 rings (SSSR count). The fourth-order valence-electron chi connectivity index (χ4n) is 1.88. The van der Waals surface area contributed by atoms with Crippen LogP contribution in [0.25, 0.3) is 11.5 Å². The maximum Gasteiger partial charge on any atom is 0.180 e. The van der Waals surface area contributed by atoms with Gasteiger partial charge >= 0.3 is 0 Å². The van der Waals surface area contributed by atoms with Gasteiger partial charge in [-0.2, -0.15) is 0 Å². The van der Waals surface area contributed by atoms with Crippen molar-refractivity contribution >= 4 is 44.3 Å². The maximum atomic E-state index is 4.71. The van der Waals surface area contributed by atoms with Crippen molar-refractivity contribution in [2.45, 2.75) is 18.8 Å². The molecule has 0 spiro atoms. The van der Waals surface area contributed by atoms with Crippen LogP contribution in [0.2, 0.25) is 0 Å². The summed E-state index contributed by atoms with van der Waals surface area (Å²) in [5.41, 5.74) is 1.96. The summed E-state index contributed by atoms with van der Waals surface area (Å²) in [4.78, 5) is 13.6. The number of anilines is 1. The van der Waals surface area contributed by atoms with E-state index in [1.54, 1.807) is 6.20 Å². The van der Waals surface area contributed by atoms with Gasteiger partial charge in [0.1, 0.15) is 11.5 Å². The highest BCUT2D eigenvalue weighted by Crippen LogP contribution is 2.42. The Morgan fingerprint density at radius 2 is 2.11 bits per heavy atom. The minimum absolute atomic E-state index is 0.594. The number of hydrogen-bond acceptors (Lipinski definition) is 4. The van der Waals surface area contributed by atoms with E-state index in [2.05, 4.69) is 53.8 Å². The lowest BCUT2D eigenvalue weighted by Gasteiger charge is -2.10. The fraction of sp³-hybridized carbons (Fsp3) is 0.308. The Morgan fingerprint density at radius 3 is 2.68 bits per heavy atom. The molecule has 0 aliphatic heterocycles. The second kappa shape index (κ2) is 5.32. The van der Waals surface area contributed by atoms with Gasteiger partial charge in [-0.15, -0.1) is 0 Å². The number of halogens is 2. The molecule has 19 heavy (non-hydrogen) atoms. The zero-order chi connectivity index (χ0) is 13.4. The van der Waals surface area contributed by atoms with Gasteiger partial charge in [0.25, 0.3) is 0 Å². The van der Waals surface area contributed by atoms with Crippen molar-refractivity contribution in [2.24, 2.45) is 0 Å². The molecule has 4 nitrogen and oxygen atoms in total. The molecule has 1 saturated carbocycles. The minimum Gasteiger partial charge on any atom is -0.372 e. The number of rotatable bonds is 3. The fourth-order valence-corrected chi connectivity index (χ4v) is 3.07. The standard InChI is InChI=1S/C13H12BrIN4/c1-16-13-10(15)11(7-2-3-7)18-12(19-13)9-5-4-8(14)6-17-9/h4-7H,2-3H2,1H3,(H,16,18,19). The lowest BCUT2D eigenvalue weighted by atomic mass is 10.2. The highest BCUT2D eigenvalue weighted by molar-refractivity contribution is 14.1. The van der Waals surface area contributed by atoms with Crippen molar-refractivity contribution in [2.75, 3.05) is 12.4 Å². The Labute approximate surface area is 133 Å². The molecule has 6 heteroatoms. The van der Waals surface area contributed by atoms with E-state index in [1.807, 2.05) is 19.2 Å². The lowest BCUT2D eigenvalue weighted by molar-refractivity contribution is 0.972. The molecule has 0 saturated heterocycles. The Kier molecular flexibility index (Phi) is 3.70. The number of pyridine rings is 1. The van der Waals surface area contributed by atoms with Gasteiger partial charge in [0.2, 0.25) is 0 Å². The average Bonchev–Trinajstić information content (AvgIpc) is 3.24. The highest BCUT2D eigenvalue weighted by Gasteiger charge is 2.29. The van der Waals surface area contributed by atoms with Crippen LogP contribution in [0.1, 0.15) is 24.5 Å². The number of nitrogens with zero attached hydrogens (tertiary/aromatic N) is 3. The molecule has 2 aromatic heterocycles. The van der Waals surface area contributed by atoms with Crippen molar-refractivity contribution in [1.29, 1.82) is 0 Å². The molecule has 2 aromatic rings. The van der Waals surface area contributed by atoms with E-state index in [4.69, 9.17) is 4.98 Å². The third-order valence-electron chi connectivity index (χ3n) is 3.03. The highest BCUT2D eigenvalue weighted by atomic mass is 127. The van der Waals surface area contributed by atoms with Crippen LogP contribution in [-0.4, -0.2) is 22.0 Å². The van der Waals surface area contributed by atoms with E-state index in [1.165, 1.54) is 12.8 Å². The summed E-state index contributed by atoms with van der Waals surface area (Å²) in [6, 6.07) is 3.89. The minimum atomic E-state index is 0.594. The van der Waals surface area contributed by atoms with Crippen molar-refractivity contribution in [1.82, 2.24) is 15.0 Å². The molecule has 1 aliphatic carbocycles. The van der Waals surface area contributed by atoms with Crippen molar-refractivity contribution < 1.29 is 0 Å². The van der Waals surface area contributed by atoms with Gasteiger partial charge in [-0.25, -0.2) is 9.97 Å². The molecule has 1 aliphatic rings. The zero-order valence-corrected chi connectivity index (χ0v) is 14.1. The van der Waals surface area contributed by atoms with Crippen LogP contribution in [0.4, 0.5) is 5.82 Å². The molecule has 1 fully saturated rings. The van der Waals surface area contributed by atoms with Gasteiger partial charge in [0.05, 0.1) is 9.26 Å². The molecule has 0 aromatic carbocycles. The molecular formula is C13H12BrIN4. The quantitative estimate of drug-likeness (QED) is 0.752. The maximum absolute atomic E-state index is 4.71. The van der Waals surface area contributed by atoms with Crippen LogP contribution in [0.5, 0.6) is 0 Å². The summed E-state index contributed by atoms with van der Waals surface area (Å²) in [6.45, 7) is 0.